The minimum atomic E-state index is -0.507. The van der Waals surface area contributed by atoms with E-state index in [1.165, 1.54) is 24.3 Å². The van der Waals surface area contributed by atoms with Gasteiger partial charge >= 0.3 is 0 Å². The summed E-state index contributed by atoms with van der Waals surface area (Å²) < 4.78 is 5.23. The highest BCUT2D eigenvalue weighted by atomic mass is 16.6. The molecule has 0 aliphatic rings. The zero-order valence-corrected chi connectivity index (χ0v) is 12.3. The zero-order valence-electron chi connectivity index (χ0n) is 12.3. The van der Waals surface area contributed by atoms with Crippen LogP contribution in [0.25, 0.3) is 0 Å². The van der Waals surface area contributed by atoms with Crippen molar-refractivity contribution >= 4 is 17.3 Å². The first kappa shape index (κ1) is 16.1. The van der Waals surface area contributed by atoms with Gasteiger partial charge in [0.25, 0.3) is 11.6 Å². The number of carbonyl (C=O) groups excluding carboxylic acids is 1. The van der Waals surface area contributed by atoms with Crippen LogP contribution in [-0.4, -0.2) is 28.1 Å². The highest BCUT2D eigenvalue weighted by Crippen LogP contribution is 2.16. The van der Waals surface area contributed by atoms with Gasteiger partial charge < -0.3 is 4.74 Å². The molecule has 0 spiro atoms. The van der Waals surface area contributed by atoms with Crippen molar-refractivity contribution in [2.45, 2.75) is 6.92 Å². The molecule has 2 aromatic rings. The van der Waals surface area contributed by atoms with Crippen LogP contribution in [0.2, 0.25) is 0 Å². The molecule has 0 fully saturated rings. The van der Waals surface area contributed by atoms with Crippen LogP contribution in [0.4, 0.5) is 5.69 Å². The first-order valence-corrected chi connectivity index (χ1v) is 6.67. The molecule has 1 amide bonds. The van der Waals surface area contributed by atoms with Crippen LogP contribution >= 0.6 is 0 Å². The minimum Gasteiger partial charge on any atom is -0.484 e. The second-order valence-corrected chi connectivity index (χ2v) is 4.51. The lowest BCUT2D eigenvalue weighted by atomic mass is 10.2. The van der Waals surface area contributed by atoms with E-state index in [9.17, 15) is 14.9 Å². The number of pyridine rings is 1. The summed E-state index contributed by atoms with van der Waals surface area (Å²) in [5.41, 5.74) is 3.81. The maximum absolute atomic E-state index is 11.7. The molecular formula is C15H14N4O4. The van der Waals surface area contributed by atoms with Crippen LogP contribution in [0.1, 0.15) is 12.5 Å². The van der Waals surface area contributed by atoms with Crippen LogP contribution in [0.15, 0.2) is 53.9 Å². The van der Waals surface area contributed by atoms with Gasteiger partial charge in [0.05, 0.1) is 10.6 Å². The number of nitrogens with zero attached hydrogens (tertiary/aromatic N) is 3. The molecule has 0 saturated carbocycles. The molecule has 0 aliphatic heterocycles. The molecule has 2 rings (SSSR count). The molecule has 118 valence electrons. The number of hydrogen-bond donors (Lipinski definition) is 1. The van der Waals surface area contributed by atoms with E-state index >= 15 is 0 Å². The van der Waals surface area contributed by atoms with Crippen molar-refractivity contribution in [1.82, 2.24) is 10.4 Å². The molecule has 0 atom stereocenters. The molecule has 1 aromatic heterocycles. The van der Waals surface area contributed by atoms with Crippen LogP contribution in [-0.2, 0) is 4.79 Å². The van der Waals surface area contributed by atoms with E-state index in [1.807, 2.05) is 0 Å². The number of non-ortho nitro benzene ring substituents is 1. The number of amides is 1. The van der Waals surface area contributed by atoms with E-state index < -0.39 is 10.8 Å². The van der Waals surface area contributed by atoms with Crippen molar-refractivity contribution in [3.05, 3.63) is 64.5 Å². The number of hydrogen-bond acceptors (Lipinski definition) is 6. The van der Waals surface area contributed by atoms with Crippen molar-refractivity contribution < 1.29 is 14.5 Å². The Balaban J connectivity index is 1.84. The number of hydrazone groups is 1. The number of nitrogens with one attached hydrogen (secondary N) is 1. The van der Waals surface area contributed by atoms with Crippen LogP contribution in [0.3, 0.4) is 0 Å². The van der Waals surface area contributed by atoms with E-state index in [2.05, 4.69) is 15.5 Å². The van der Waals surface area contributed by atoms with Gasteiger partial charge in [0.2, 0.25) is 0 Å². The van der Waals surface area contributed by atoms with E-state index in [0.29, 0.717) is 11.5 Å². The predicted octanol–water partition coefficient (Wildman–Crippen LogP) is 1.91. The van der Waals surface area contributed by atoms with Crippen LogP contribution in [0, 0.1) is 10.1 Å². The number of nitro groups is 1. The zero-order chi connectivity index (χ0) is 16.7. The normalized spacial score (nSPS) is 10.9. The highest BCUT2D eigenvalue weighted by Gasteiger charge is 2.06. The van der Waals surface area contributed by atoms with Gasteiger partial charge in [-0.15, -0.1) is 0 Å². The Hall–Kier alpha value is -3.29. The number of carbonyl (C=O) groups is 1. The van der Waals surface area contributed by atoms with E-state index in [4.69, 9.17) is 4.74 Å². The Morgan fingerprint density at radius 1 is 1.26 bits per heavy atom. The lowest BCUT2D eigenvalue weighted by molar-refractivity contribution is -0.384. The summed E-state index contributed by atoms with van der Waals surface area (Å²) in [5.74, 6) is -0.0719. The largest absolute Gasteiger partial charge is 0.484 e. The van der Waals surface area contributed by atoms with Gasteiger partial charge in [-0.05, 0) is 31.2 Å². The summed E-state index contributed by atoms with van der Waals surface area (Å²) >= 11 is 0. The van der Waals surface area contributed by atoms with E-state index in [1.54, 1.807) is 31.5 Å². The Morgan fingerprint density at radius 3 is 2.52 bits per heavy atom. The number of aromatic nitrogens is 1. The molecule has 1 heterocycles. The fourth-order valence-corrected chi connectivity index (χ4v) is 1.65. The molecule has 1 N–H and O–H groups in total. The summed E-state index contributed by atoms with van der Waals surface area (Å²) in [5, 5.41) is 14.5. The van der Waals surface area contributed by atoms with Crippen molar-refractivity contribution in [1.29, 1.82) is 0 Å². The Morgan fingerprint density at radius 2 is 1.91 bits per heavy atom. The summed E-state index contributed by atoms with van der Waals surface area (Å²) in [7, 11) is 0. The van der Waals surface area contributed by atoms with Crippen molar-refractivity contribution in [2.75, 3.05) is 6.61 Å². The maximum atomic E-state index is 11.7. The molecule has 0 aliphatic carbocycles. The molecule has 0 unspecified atom stereocenters. The second-order valence-electron chi connectivity index (χ2n) is 4.51. The van der Waals surface area contributed by atoms with E-state index in [0.717, 1.165) is 5.56 Å². The number of benzene rings is 1. The van der Waals surface area contributed by atoms with Gasteiger partial charge in [-0.2, -0.15) is 5.10 Å². The van der Waals surface area contributed by atoms with Crippen molar-refractivity contribution in [3.63, 3.8) is 0 Å². The average molecular weight is 314 g/mol. The summed E-state index contributed by atoms with van der Waals surface area (Å²) in [4.78, 5) is 25.6. The van der Waals surface area contributed by atoms with Gasteiger partial charge in [0.1, 0.15) is 5.75 Å². The first-order chi connectivity index (χ1) is 11.1. The predicted molar refractivity (Wildman–Crippen MR) is 83.2 cm³/mol. The molecule has 0 saturated heterocycles. The van der Waals surface area contributed by atoms with Gasteiger partial charge in [-0.1, -0.05) is 0 Å². The molecule has 8 nitrogen and oxygen atoms in total. The quantitative estimate of drug-likeness (QED) is 0.498. The highest BCUT2D eigenvalue weighted by molar-refractivity contribution is 5.99. The minimum absolute atomic E-state index is 0.0422. The van der Waals surface area contributed by atoms with Crippen LogP contribution in [0.5, 0.6) is 5.75 Å². The van der Waals surface area contributed by atoms with Crippen LogP contribution < -0.4 is 10.2 Å². The molecule has 8 heteroatoms. The molecule has 1 aromatic carbocycles. The summed E-state index contributed by atoms with van der Waals surface area (Å²) in [6.07, 6.45) is 3.27. The molecule has 0 bridgehead atoms. The lowest BCUT2D eigenvalue weighted by Crippen LogP contribution is -2.25. The average Bonchev–Trinajstić information content (AvgIpc) is 2.59. The van der Waals surface area contributed by atoms with Gasteiger partial charge in [0.15, 0.2) is 6.61 Å². The number of nitro benzene ring substituents is 1. The third-order valence-corrected chi connectivity index (χ3v) is 2.86. The van der Waals surface area contributed by atoms with Gasteiger partial charge in [0, 0.05) is 30.1 Å². The standard InChI is InChI=1S/C15H14N4O4/c1-11(12-6-8-16-9-7-12)17-18-15(20)10-23-14-4-2-13(3-5-14)19(21)22/h2-9H,10H2,1H3,(H,18,20)/b17-11+. The fraction of sp³-hybridized carbons (Fsp3) is 0.133. The first-order valence-electron chi connectivity index (χ1n) is 6.67. The number of rotatable bonds is 6. The van der Waals surface area contributed by atoms with Crippen molar-refractivity contribution in [3.8, 4) is 5.75 Å². The van der Waals surface area contributed by atoms with E-state index in [-0.39, 0.29) is 12.3 Å². The second kappa shape index (κ2) is 7.64. The Kier molecular flexibility index (Phi) is 5.35. The molecule has 0 radical (unpaired) electrons. The summed E-state index contributed by atoms with van der Waals surface area (Å²) in [6, 6.07) is 9.02. The third kappa shape index (κ3) is 4.88. The Bertz CT molecular complexity index is 714. The van der Waals surface area contributed by atoms with Gasteiger partial charge in [-0.25, -0.2) is 5.43 Å². The SMILES string of the molecule is C/C(=N\NC(=O)COc1ccc([N+](=O)[O-])cc1)c1ccncc1. The topological polar surface area (TPSA) is 107 Å². The monoisotopic (exact) mass is 314 g/mol. The fourth-order valence-electron chi connectivity index (χ4n) is 1.65. The lowest BCUT2D eigenvalue weighted by Gasteiger charge is -2.05. The maximum Gasteiger partial charge on any atom is 0.277 e. The number of ether oxygens (including phenoxy) is 1. The summed E-state index contributed by atoms with van der Waals surface area (Å²) in [6.45, 7) is 1.51. The Labute approximate surface area is 132 Å². The smallest absolute Gasteiger partial charge is 0.277 e. The van der Waals surface area contributed by atoms with Crippen molar-refractivity contribution in [2.24, 2.45) is 5.10 Å². The molecular weight excluding hydrogens is 300 g/mol. The molecule has 23 heavy (non-hydrogen) atoms. The van der Waals surface area contributed by atoms with Gasteiger partial charge in [-0.3, -0.25) is 19.9 Å². The third-order valence-electron chi connectivity index (χ3n) is 2.86.